The molecule has 19 heavy (non-hydrogen) atoms. The summed E-state index contributed by atoms with van der Waals surface area (Å²) in [5.74, 6) is 0.487. The Morgan fingerprint density at radius 3 is 2.58 bits per heavy atom. The van der Waals surface area contributed by atoms with Crippen LogP contribution in [0.5, 0.6) is 0 Å². The van der Waals surface area contributed by atoms with Crippen LogP contribution in [-0.4, -0.2) is 28.7 Å². The SMILES string of the molecule is CN(C[C@H](O)c1ccccc1)c1ncc(Cl)nc1Cl. The van der Waals surface area contributed by atoms with Gasteiger partial charge < -0.3 is 10.0 Å². The average Bonchev–Trinajstić information content (AvgIpc) is 2.39. The van der Waals surface area contributed by atoms with Crippen LogP contribution in [-0.2, 0) is 0 Å². The van der Waals surface area contributed by atoms with Crippen LogP contribution >= 0.6 is 23.2 Å². The van der Waals surface area contributed by atoms with Crippen molar-refractivity contribution in [3.8, 4) is 0 Å². The second-order valence-corrected chi connectivity index (χ2v) is 4.86. The fourth-order valence-electron chi connectivity index (χ4n) is 1.72. The number of aliphatic hydroxyl groups excluding tert-OH is 1. The summed E-state index contributed by atoms with van der Waals surface area (Å²) in [5, 5.41) is 10.6. The molecule has 0 amide bonds. The van der Waals surface area contributed by atoms with Gasteiger partial charge >= 0.3 is 0 Å². The van der Waals surface area contributed by atoms with Crippen LogP contribution in [0.15, 0.2) is 36.5 Å². The first-order chi connectivity index (χ1) is 9.08. The quantitative estimate of drug-likeness (QED) is 0.943. The maximum Gasteiger partial charge on any atom is 0.173 e. The number of aromatic nitrogens is 2. The molecule has 100 valence electrons. The van der Waals surface area contributed by atoms with Gasteiger partial charge in [-0.05, 0) is 5.56 Å². The second-order valence-electron chi connectivity index (χ2n) is 4.11. The summed E-state index contributed by atoms with van der Waals surface area (Å²) in [7, 11) is 1.79. The van der Waals surface area contributed by atoms with Gasteiger partial charge in [0, 0.05) is 13.6 Å². The van der Waals surface area contributed by atoms with Crippen molar-refractivity contribution in [1.29, 1.82) is 0 Å². The highest BCUT2D eigenvalue weighted by molar-refractivity contribution is 6.33. The molecule has 1 aromatic heterocycles. The van der Waals surface area contributed by atoms with E-state index in [2.05, 4.69) is 9.97 Å². The summed E-state index contributed by atoms with van der Waals surface area (Å²) in [6, 6.07) is 9.41. The molecule has 0 fully saturated rings. The fourth-order valence-corrected chi connectivity index (χ4v) is 2.18. The highest BCUT2D eigenvalue weighted by Gasteiger charge is 2.15. The second kappa shape index (κ2) is 6.19. The Balaban J connectivity index is 2.10. The van der Waals surface area contributed by atoms with Gasteiger partial charge in [0.05, 0.1) is 12.3 Å². The molecule has 1 aromatic carbocycles. The van der Waals surface area contributed by atoms with Crippen molar-refractivity contribution in [2.45, 2.75) is 6.10 Å². The molecule has 6 heteroatoms. The molecule has 1 heterocycles. The maximum absolute atomic E-state index is 10.1. The van der Waals surface area contributed by atoms with E-state index in [-0.39, 0.29) is 10.3 Å². The Hall–Kier alpha value is -1.36. The van der Waals surface area contributed by atoms with Crippen molar-refractivity contribution >= 4 is 29.0 Å². The van der Waals surface area contributed by atoms with Gasteiger partial charge in [-0.25, -0.2) is 9.97 Å². The van der Waals surface area contributed by atoms with Gasteiger partial charge in [0.25, 0.3) is 0 Å². The van der Waals surface area contributed by atoms with Gasteiger partial charge in [-0.2, -0.15) is 0 Å². The molecule has 0 bridgehead atoms. The normalized spacial score (nSPS) is 12.2. The highest BCUT2D eigenvalue weighted by atomic mass is 35.5. The number of likely N-dealkylation sites (N-methyl/N-ethyl adjacent to an activating group) is 1. The van der Waals surface area contributed by atoms with Crippen LogP contribution in [0, 0.1) is 0 Å². The van der Waals surface area contributed by atoms with Crippen LogP contribution in [0.1, 0.15) is 11.7 Å². The first-order valence-corrected chi connectivity index (χ1v) is 6.45. The third-order valence-corrected chi connectivity index (χ3v) is 3.11. The van der Waals surface area contributed by atoms with E-state index in [1.807, 2.05) is 30.3 Å². The molecule has 4 nitrogen and oxygen atoms in total. The van der Waals surface area contributed by atoms with Crippen LogP contribution in [0.2, 0.25) is 10.3 Å². The molecular weight excluding hydrogens is 285 g/mol. The zero-order valence-corrected chi connectivity index (χ0v) is 11.8. The van der Waals surface area contributed by atoms with Crippen molar-refractivity contribution in [2.75, 3.05) is 18.5 Å². The minimum Gasteiger partial charge on any atom is -0.387 e. The van der Waals surface area contributed by atoms with Gasteiger partial charge in [-0.1, -0.05) is 53.5 Å². The molecule has 0 radical (unpaired) electrons. The van der Waals surface area contributed by atoms with E-state index in [4.69, 9.17) is 23.2 Å². The number of halogens is 2. The Bertz CT molecular complexity index is 551. The molecule has 0 saturated carbocycles. The van der Waals surface area contributed by atoms with E-state index < -0.39 is 6.10 Å². The largest absolute Gasteiger partial charge is 0.387 e. The molecule has 1 N–H and O–H groups in total. The number of nitrogens with zero attached hydrogens (tertiary/aromatic N) is 3. The predicted octanol–water partition coefficient (Wildman–Crippen LogP) is 2.95. The van der Waals surface area contributed by atoms with Crippen molar-refractivity contribution < 1.29 is 5.11 Å². The average molecular weight is 298 g/mol. The smallest absolute Gasteiger partial charge is 0.173 e. The molecule has 1 atom stereocenters. The van der Waals surface area contributed by atoms with Crippen molar-refractivity contribution in [1.82, 2.24) is 9.97 Å². The third-order valence-electron chi connectivity index (χ3n) is 2.68. The number of anilines is 1. The van der Waals surface area contributed by atoms with Crippen molar-refractivity contribution in [3.05, 3.63) is 52.4 Å². The Morgan fingerprint density at radius 1 is 1.26 bits per heavy atom. The summed E-state index contributed by atoms with van der Waals surface area (Å²) in [4.78, 5) is 9.77. The predicted molar refractivity (Wildman–Crippen MR) is 76.7 cm³/mol. The van der Waals surface area contributed by atoms with E-state index in [1.165, 1.54) is 6.20 Å². The number of aliphatic hydroxyl groups is 1. The molecule has 0 saturated heterocycles. The molecule has 0 aliphatic rings. The van der Waals surface area contributed by atoms with Crippen LogP contribution in [0.25, 0.3) is 0 Å². The number of benzene rings is 1. The van der Waals surface area contributed by atoms with E-state index in [9.17, 15) is 5.11 Å². The van der Waals surface area contributed by atoms with E-state index in [1.54, 1.807) is 11.9 Å². The van der Waals surface area contributed by atoms with Crippen LogP contribution < -0.4 is 4.90 Å². The summed E-state index contributed by atoms with van der Waals surface area (Å²) < 4.78 is 0. The molecule has 0 unspecified atom stereocenters. The third kappa shape index (κ3) is 3.56. The Labute approximate surface area is 121 Å². The van der Waals surface area contributed by atoms with Gasteiger partial charge in [-0.3, -0.25) is 0 Å². The molecule has 2 aromatic rings. The van der Waals surface area contributed by atoms with Crippen LogP contribution in [0.3, 0.4) is 0 Å². The molecule has 0 spiro atoms. The lowest BCUT2D eigenvalue weighted by molar-refractivity contribution is 0.185. The van der Waals surface area contributed by atoms with Gasteiger partial charge in [0.15, 0.2) is 11.0 Å². The lowest BCUT2D eigenvalue weighted by Crippen LogP contribution is -2.25. The number of hydrogen-bond donors (Lipinski definition) is 1. The zero-order valence-electron chi connectivity index (χ0n) is 10.3. The van der Waals surface area contributed by atoms with Crippen LogP contribution in [0.4, 0.5) is 5.82 Å². The Morgan fingerprint density at radius 2 is 1.95 bits per heavy atom. The Kier molecular flexibility index (Phi) is 4.58. The maximum atomic E-state index is 10.1. The monoisotopic (exact) mass is 297 g/mol. The molecular formula is C13H13Cl2N3O. The minimum absolute atomic E-state index is 0.218. The molecule has 0 aliphatic heterocycles. The summed E-state index contributed by atoms with van der Waals surface area (Å²) in [6.45, 7) is 0.361. The number of hydrogen-bond acceptors (Lipinski definition) is 4. The summed E-state index contributed by atoms with van der Waals surface area (Å²) >= 11 is 11.7. The fraction of sp³-hybridized carbons (Fsp3) is 0.231. The topological polar surface area (TPSA) is 49.2 Å². The summed E-state index contributed by atoms with van der Waals surface area (Å²) in [5.41, 5.74) is 0.840. The van der Waals surface area contributed by atoms with Gasteiger partial charge in [-0.15, -0.1) is 0 Å². The first kappa shape index (κ1) is 14.1. The van der Waals surface area contributed by atoms with Gasteiger partial charge in [0.1, 0.15) is 5.15 Å². The standard InChI is InChI=1S/C13H13Cl2N3O/c1-18(13-12(15)17-11(14)7-16-13)8-10(19)9-5-3-2-4-6-9/h2-7,10,19H,8H2,1H3/t10-/m0/s1. The lowest BCUT2D eigenvalue weighted by Gasteiger charge is -2.22. The lowest BCUT2D eigenvalue weighted by atomic mass is 10.1. The molecule has 2 rings (SSSR count). The summed E-state index contributed by atoms with van der Waals surface area (Å²) in [6.07, 6.45) is 0.800. The van der Waals surface area contributed by atoms with E-state index in [0.29, 0.717) is 12.4 Å². The van der Waals surface area contributed by atoms with Gasteiger partial charge in [0.2, 0.25) is 0 Å². The van der Waals surface area contributed by atoms with Crippen molar-refractivity contribution in [3.63, 3.8) is 0 Å². The van der Waals surface area contributed by atoms with Crippen molar-refractivity contribution in [2.24, 2.45) is 0 Å². The van der Waals surface area contributed by atoms with E-state index in [0.717, 1.165) is 5.56 Å². The van der Waals surface area contributed by atoms with E-state index >= 15 is 0 Å². The minimum atomic E-state index is -0.625. The number of rotatable bonds is 4. The zero-order chi connectivity index (χ0) is 13.8. The molecule has 0 aliphatic carbocycles. The first-order valence-electron chi connectivity index (χ1n) is 5.70. The highest BCUT2D eigenvalue weighted by Crippen LogP contribution is 2.23.